The predicted molar refractivity (Wildman–Crippen MR) is 236 cm³/mol. The number of rotatable bonds is 35. The van der Waals surface area contributed by atoms with E-state index in [1.54, 1.807) is 13.8 Å². The Morgan fingerprint density at radius 3 is 1.40 bits per heavy atom. The third-order valence-electron chi connectivity index (χ3n) is 9.65. The van der Waals surface area contributed by atoms with E-state index in [9.17, 15) is 83.4 Å². The molecule has 0 aliphatic rings. The molecule has 9 atom stereocenters. The zero-order valence-electron chi connectivity index (χ0n) is 38.1. The molecule has 0 aromatic carbocycles. The molecule has 0 aromatic rings. The van der Waals surface area contributed by atoms with E-state index in [2.05, 4.69) is 42.2 Å². The Balaban J connectivity index is 6.60. The Kier molecular flexibility index (Phi) is 28.9. The summed E-state index contributed by atoms with van der Waals surface area (Å²) in [5.74, 6) is -14.5. The van der Waals surface area contributed by atoms with E-state index >= 15 is 0 Å². The van der Waals surface area contributed by atoms with E-state index in [0.717, 1.165) is 6.92 Å². The second kappa shape index (κ2) is 32.1. The summed E-state index contributed by atoms with van der Waals surface area (Å²) in [6, 6.07) is -13.4. The standard InChI is InChI=1S/C39H68N12O17/c1-18(2)15-25(49-31(60)20(41)17-52)35(64)46-22(9-11-27(54)55)33(62)50-26(16-29(58)59)36(65)45-21(7-4-5-13-40)34(63)51-30(19(3)53)37(66)47-23(10-12-28(56)57)32(61)48-24(38(67)68)8-6-14-44-39(42)43/h18-26,30,52-53H,4-17,40-41H2,1-3H3,(H,45,65)(H,46,64)(H,47,66)(H,48,61)(H,49,60)(H,50,62)(H,51,63)(H,54,55)(H,56,57)(H,58,59)(H,67,68)(H4,42,43,44)/t19-,20+,21+,22+,23+,24+,25+,26+,30+/m1/s1. The van der Waals surface area contributed by atoms with Crippen molar-refractivity contribution in [3.8, 4) is 0 Å². The number of carboxylic acid groups (broad SMARTS) is 4. The first kappa shape index (κ1) is 61.3. The number of hydrogen-bond acceptors (Lipinski definition) is 16. The highest BCUT2D eigenvalue weighted by molar-refractivity contribution is 5.98. The molecular weight excluding hydrogens is 908 g/mol. The molecule has 386 valence electrons. The minimum atomic E-state index is -2.01. The number of unbranched alkanes of at least 4 members (excludes halogenated alkanes) is 1. The molecular formula is C39H68N12O17. The monoisotopic (exact) mass is 976 g/mol. The molecule has 0 rings (SSSR count). The van der Waals surface area contributed by atoms with Crippen molar-refractivity contribution >= 4 is 71.2 Å². The summed E-state index contributed by atoms with van der Waals surface area (Å²) < 4.78 is 0. The molecule has 0 saturated heterocycles. The number of aliphatic hydroxyl groups is 2. The highest BCUT2D eigenvalue weighted by Gasteiger charge is 2.36. The summed E-state index contributed by atoms with van der Waals surface area (Å²) in [6.07, 6.45) is -5.45. The van der Waals surface area contributed by atoms with Gasteiger partial charge < -0.3 is 90.8 Å². The lowest BCUT2D eigenvalue weighted by molar-refractivity contribution is -0.143. The molecule has 0 radical (unpaired) electrons. The van der Waals surface area contributed by atoms with Crippen molar-refractivity contribution in [2.24, 2.45) is 33.8 Å². The molecule has 0 aromatic heterocycles. The van der Waals surface area contributed by atoms with Crippen molar-refractivity contribution < 1.29 is 83.4 Å². The number of aliphatic carboxylic acids is 4. The second-order valence-corrected chi connectivity index (χ2v) is 16.0. The summed E-state index contributed by atoms with van der Waals surface area (Å²) in [5.41, 5.74) is 21.7. The van der Waals surface area contributed by atoms with Gasteiger partial charge in [-0.2, -0.15) is 0 Å². The minimum Gasteiger partial charge on any atom is -0.481 e. The Morgan fingerprint density at radius 2 is 0.956 bits per heavy atom. The van der Waals surface area contributed by atoms with Crippen molar-refractivity contribution in [1.82, 2.24) is 37.2 Å². The summed E-state index contributed by atoms with van der Waals surface area (Å²) in [7, 11) is 0. The minimum absolute atomic E-state index is 0.000433. The summed E-state index contributed by atoms with van der Waals surface area (Å²) in [4.78, 5) is 144. The number of hydrogen-bond donors (Lipinski definition) is 17. The van der Waals surface area contributed by atoms with Crippen LogP contribution >= 0.6 is 0 Å². The molecule has 21 N–H and O–H groups in total. The van der Waals surface area contributed by atoms with E-state index in [-0.39, 0.29) is 63.5 Å². The van der Waals surface area contributed by atoms with Gasteiger partial charge in [0.2, 0.25) is 41.4 Å². The zero-order valence-corrected chi connectivity index (χ0v) is 38.1. The number of carbonyl (C=O) groups excluding carboxylic acids is 7. The molecule has 29 nitrogen and oxygen atoms in total. The van der Waals surface area contributed by atoms with E-state index < -0.39 is 158 Å². The Morgan fingerprint density at radius 1 is 0.529 bits per heavy atom. The fourth-order valence-corrected chi connectivity index (χ4v) is 6.05. The van der Waals surface area contributed by atoms with E-state index in [4.69, 9.17) is 22.9 Å². The van der Waals surface area contributed by atoms with Crippen LogP contribution in [-0.2, 0) is 52.7 Å². The van der Waals surface area contributed by atoms with Gasteiger partial charge in [-0.25, -0.2) is 4.79 Å². The van der Waals surface area contributed by atoms with Crippen LogP contribution in [0.25, 0.3) is 0 Å². The second-order valence-electron chi connectivity index (χ2n) is 16.0. The number of carboxylic acids is 4. The van der Waals surface area contributed by atoms with Crippen LogP contribution in [0.15, 0.2) is 4.99 Å². The average Bonchev–Trinajstić information content (AvgIpc) is 3.24. The van der Waals surface area contributed by atoms with Crippen LogP contribution in [0.4, 0.5) is 0 Å². The van der Waals surface area contributed by atoms with Crippen LogP contribution in [0.1, 0.15) is 91.4 Å². The molecule has 0 aliphatic heterocycles. The number of aliphatic hydroxyl groups excluding tert-OH is 2. The van der Waals surface area contributed by atoms with Crippen molar-refractivity contribution in [2.45, 2.75) is 146 Å². The first-order valence-corrected chi connectivity index (χ1v) is 21.5. The quantitative estimate of drug-likeness (QED) is 0.0160. The number of carbonyl (C=O) groups is 11. The molecule has 0 bridgehead atoms. The third-order valence-corrected chi connectivity index (χ3v) is 9.65. The number of guanidine groups is 1. The van der Waals surface area contributed by atoms with E-state index in [1.807, 2.05) is 0 Å². The highest BCUT2D eigenvalue weighted by Crippen LogP contribution is 2.10. The molecule has 68 heavy (non-hydrogen) atoms. The number of nitrogens with one attached hydrogen (secondary N) is 7. The topological polar surface area (TPSA) is 510 Å². The van der Waals surface area contributed by atoms with Gasteiger partial charge in [0, 0.05) is 19.4 Å². The van der Waals surface area contributed by atoms with Gasteiger partial charge in [-0.05, 0) is 70.8 Å². The van der Waals surface area contributed by atoms with Crippen molar-refractivity contribution in [3.63, 3.8) is 0 Å². The third kappa shape index (κ3) is 25.3. The van der Waals surface area contributed by atoms with Crippen LogP contribution in [0.2, 0.25) is 0 Å². The van der Waals surface area contributed by atoms with Crippen LogP contribution in [0, 0.1) is 5.92 Å². The Bertz CT molecular complexity index is 1780. The highest BCUT2D eigenvalue weighted by atomic mass is 16.4. The predicted octanol–water partition coefficient (Wildman–Crippen LogP) is -6.40. The first-order chi connectivity index (χ1) is 31.7. The van der Waals surface area contributed by atoms with Gasteiger partial charge in [0.05, 0.1) is 19.1 Å². The maximum atomic E-state index is 13.8. The van der Waals surface area contributed by atoms with Gasteiger partial charge >= 0.3 is 23.9 Å². The van der Waals surface area contributed by atoms with Crippen molar-refractivity contribution in [1.29, 1.82) is 0 Å². The molecule has 29 heteroatoms. The Labute approximate surface area is 390 Å². The maximum Gasteiger partial charge on any atom is 0.326 e. The number of nitrogens with zero attached hydrogens (tertiary/aromatic N) is 1. The van der Waals surface area contributed by atoms with Crippen LogP contribution < -0.4 is 60.2 Å². The number of nitrogens with two attached hydrogens (primary N) is 4. The first-order valence-electron chi connectivity index (χ1n) is 21.5. The van der Waals surface area contributed by atoms with E-state index in [0.29, 0.717) is 0 Å². The van der Waals surface area contributed by atoms with Crippen molar-refractivity contribution in [2.75, 3.05) is 19.7 Å². The molecule has 0 fully saturated rings. The number of amides is 7. The van der Waals surface area contributed by atoms with Crippen LogP contribution in [0.5, 0.6) is 0 Å². The number of aliphatic imine (C=N–C) groups is 1. The Hall–Kier alpha value is -6.72. The molecule has 0 spiro atoms. The largest absolute Gasteiger partial charge is 0.481 e. The molecule has 0 aliphatic carbocycles. The molecule has 0 saturated carbocycles. The zero-order chi connectivity index (χ0) is 52.3. The lowest BCUT2D eigenvalue weighted by Crippen LogP contribution is -2.61. The van der Waals surface area contributed by atoms with Gasteiger partial charge in [-0.15, -0.1) is 0 Å². The average molecular weight is 977 g/mol. The summed E-state index contributed by atoms with van der Waals surface area (Å²) in [5, 5.41) is 73.5. The fraction of sp³-hybridized carbons (Fsp3) is 0.692. The normalized spacial score (nSPS) is 14.9. The fourth-order valence-electron chi connectivity index (χ4n) is 6.05. The molecule has 7 amide bonds. The van der Waals surface area contributed by atoms with Gasteiger partial charge in [-0.1, -0.05) is 13.8 Å². The van der Waals surface area contributed by atoms with E-state index in [1.165, 1.54) is 0 Å². The smallest absolute Gasteiger partial charge is 0.326 e. The lowest BCUT2D eigenvalue weighted by atomic mass is 10.0. The molecule has 0 heterocycles. The van der Waals surface area contributed by atoms with Gasteiger partial charge in [0.25, 0.3) is 0 Å². The molecule has 0 unspecified atom stereocenters. The van der Waals surface area contributed by atoms with Crippen LogP contribution in [-0.4, -0.2) is 176 Å². The summed E-state index contributed by atoms with van der Waals surface area (Å²) >= 11 is 0. The van der Waals surface area contributed by atoms with Crippen molar-refractivity contribution in [3.05, 3.63) is 0 Å². The SMILES string of the molecule is CC(C)C[C@H](NC(=O)[C@@H](N)CO)C(=O)N[C@@H](CCC(=O)O)C(=O)N[C@@H](CC(=O)O)C(=O)N[C@@H](CCCCN)C(=O)N[C@H](C(=O)N[C@@H](CCC(=O)O)C(=O)N[C@@H](CCCN=C(N)N)C(=O)O)[C@@H](C)O. The summed E-state index contributed by atoms with van der Waals surface area (Å²) in [6.45, 7) is 3.77. The van der Waals surface area contributed by atoms with Gasteiger partial charge in [-0.3, -0.25) is 52.9 Å². The lowest BCUT2D eigenvalue weighted by Gasteiger charge is -2.28. The van der Waals surface area contributed by atoms with Gasteiger partial charge in [0.15, 0.2) is 5.96 Å². The van der Waals surface area contributed by atoms with Crippen LogP contribution in [0.3, 0.4) is 0 Å². The van der Waals surface area contributed by atoms with Gasteiger partial charge in [0.1, 0.15) is 48.3 Å². The maximum absolute atomic E-state index is 13.8.